The molecule has 2 rings (SSSR count). The Hall–Kier alpha value is -1.68. The molecule has 3 N–H and O–H groups in total. The van der Waals surface area contributed by atoms with Gasteiger partial charge in [0.05, 0.1) is 0 Å². The number of hydrogen-bond acceptors (Lipinski definition) is 3. The van der Waals surface area contributed by atoms with Crippen molar-refractivity contribution >= 4 is 0 Å². The number of nitrogens with two attached hydrogens (primary N) is 1. The first-order valence-electron chi connectivity index (χ1n) is 7.04. The lowest BCUT2D eigenvalue weighted by molar-refractivity contribution is 0.136. The van der Waals surface area contributed by atoms with E-state index in [0.717, 1.165) is 13.0 Å². The molecule has 0 aromatic heterocycles. The SMILES string of the molecule is CCOCCC(NN)c1ccc(-c2ccccc2)cc1. The first kappa shape index (κ1) is 14.7. The van der Waals surface area contributed by atoms with E-state index in [4.69, 9.17) is 10.6 Å². The van der Waals surface area contributed by atoms with E-state index in [2.05, 4.69) is 54.0 Å². The van der Waals surface area contributed by atoms with Crippen LogP contribution in [0.15, 0.2) is 54.6 Å². The maximum Gasteiger partial charge on any atom is 0.0484 e. The molecule has 20 heavy (non-hydrogen) atoms. The molecule has 3 nitrogen and oxygen atoms in total. The van der Waals surface area contributed by atoms with Gasteiger partial charge in [-0.15, -0.1) is 0 Å². The van der Waals surface area contributed by atoms with Gasteiger partial charge in [-0.2, -0.15) is 0 Å². The molecule has 0 saturated carbocycles. The molecule has 0 fully saturated rings. The van der Waals surface area contributed by atoms with Gasteiger partial charge in [0.15, 0.2) is 0 Å². The average molecular weight is 270 g/mol. The van der Waals surface area contributed by atoms with Crippen LogP contribution in [-0.4, -0.2) is 13.2 Å². The molecule has 0 saturated heterocycles. The van der Waals surface area contributed by atoms with Crippen molar-refractivity contribution in [3.05, 3.63) is 60.2 Å². The Bertz CT molecular complexity index is 496. The van der Waals surface area contributed by atoms with Gasteiger partial charge in [-0.05, 0) is 30.0 Å². The Morgan fingerprint density at radius 2 is 1.65 bits per heavy atom. The summed E-state index contributed by atoms with van der Waals surface area (Å²) in [7, 11) is 0. The lowest BCUT2D eigenvalue weighted by atomic mass is 10.00. The summed E-state index contributed by atoms with van der Waals surface area (Å²) in [5, 5.41) is 0. The quantitative estimate of drug-likeness (QED) is 0.461. The molecule has 0 spiro atoms. The first-order chi connectivity index (χ1) is 9.85. The van der Waals surface area contributed by atoms with Crippen LogP contribution in [-0.2, 0) is 4.74 Å². The van der Waals surface area contributed by atoms with Gasteiger partial charge >= 0.3 is 0 Å². The molecule has 0 heterocycles. The minimum Gasteiger partial charge on any atom is -0.382 e. The molecule has 0 aliphatic carbocycles. The zero-order valence-electron chi connectivity index (χ0n) is 11.9. The highest BCUT2D eigenvalue weighted by atomic mass is 16.5. The van der Waals surface area contributed by atoms with Crippen molar-refractivity contribution in [2.75, 3.05) is 13.2 Å². The van der Waals surface area contributed by atoms with E-state index in [0.29, 0.717) is 6.61 Å². The predicted octanol–water partition coefficient (Wildman–Crippen LogP) is 3.28. The van der Waals surface area contributed by atoms with Crippen molar-refractivity contribution in [1.29, 1.82) is 0 Å². The molecule has 1 atom stereocenters. The minimum atomic E-state index is 0.131. The number of hydrogen-bond donors (Lipinski definition) is 2. The highest BCUT2D eigenvalue weighted by Crippen LogP contribution is 2.22. The van der Waals surface area contributed by atoms with E-state index >= 15 is 0 Å². The second kappa shape index (κ2) is 7.80. The molecule has 2 aromatic carbocycles. The van der Waals surface area contributed by atoms with E-state index in [1.807, 2.05) is 13.0 Å². The van der Waals surface area contributed by atoms with Crippen LogP contribution in [0.5, 0.6) is 0 Å². The number of nitrogens with one attached hydrogen (secondary N) is 1. The van der Waals surface area contributed by atoms with Gasteiger partial charge in [0.2, 0.25) is 0 Å². The fraction of sp³-hybridized carbons (Fsp3) is 0.294. The van der Waals surface area contributed by atoms with Crippen LogP contribution >= 0.6 is 0 Å². The molecule has 0 bridgehead atoms. The number of benzene rings is 2. The summed E-state index contributed by atoms with van der Waals surface area (Å²) in [5.41, 5.74) is 6.49. The van der Waals surface area contributed by atoms with Crippen molar-refractivity contribution in [2.24, 2.45) is 5.84 Å². The largest absolute Gasteiger partial charge is 0.382 e. The summed E-state index contributed by atoms with van der Waals surface area (Å²) >= 11 is 0. The fourth-order valence-corrected chi connectivity index (χ4v) is 2.23. The molecule has 106 valence electrons. The van der Waals surface area contributed by atoms with E-state index in [1.54, 1.807) is 0 Å². The Balaban J connectivity index is 2.06. The van der Waals surface area contributed by atoms with Crippen LogP contribution in [0.1, 0.15) is 24.9 Å². The first-order valence-corrected chi connectivity index (χ1v) is 7.04. The molecular formula is C17H22N2O. The standard InChI is InChI=1S/C17H22N2O/c1-2-20-13-12-17(19-18)16-10-8-15(9-11-16)14-6-4-3-5-7-14/h3-11,17,19H,2,12-13,18H2,1H3. The minimum absolute atomic E-state index is 0.131. The topological polar surface area (TPSA) is 47.3 Å². The van der Waals surface area contributed by atoms with Gasteiger partial charge in [-0.3, -0.25) is 11.3 Å². The molecule has 0 radical (unpaired) electrons. The summed E-state index contributed by atoms with van der Waals surface area (Å²) in [5.74, 6) is 5.63. The Morgan fingerprint density at radius 1 is 1.00 bits per heavy atom. The van der Waals surface area contributed by atoms with Crippen LogP contribution in [0.3, 0.4) is 0 Å². The normalized spacial score (nSPS) is 12.3. The van der Waals surface area contributed by atoms with Gasteiger partial charge in [-0.25, -0.2) is 0 Å². The molecule has 0 amide bonds. The summed E-state index contributed by atoms with van der Waals surface area (Å²) in [4.78, 5) is 0. The number of hydrazine groups is 1. The van der Waals surface area contributed by atoms with Gasteiger partial charge < -0.3 is 4.74 Å². The fourth-order valence-electron chi connectivity index (χ4n) is 2.23. The van der Waals surface area contributed by atoms with Crippen LogP contribution in [0.25, 0.3) is 11.1 Å². The third-order valence-corrected chi connectivity index (χ3v) is 3.38. The van der Waals surface area contributed by atoms with Crippen LogP contribution in [0.4, 0.5) is 0 Å². The van der Waals surface area contributed by atoms with Crippen molar-refractivity contribution in [3.63, 3.8) is 0 Å². The van der Waals surface area contributed by atoms with Gasteiger partial charge in [0.1, 0.15) is 0 Å². The molecule has 0 aliphatic heterocycles. The molecule has 0 aliphatic rings. The Morgan fingerprint density at radius 3 is 2.25 bits per heavy atom. The smallest absolute Gasteiger partial charge is 0.0484 e. The molecule has 2 aromatic rings. The van der Waals surface area contributed by atoms with Crippen molar-refractivity contribution in [2.45, 2.75) is 19.4 Å². The van der Waals surface area contributed by atoms with Crippen molar-refractivity contribution in [1.82, 2.24) is 5.43 Å². The lowest BCUT2D eigenvalue weighted by Crippen LogP contribution is -2.29. The highest BCUT2D eigenvalue weighted by molar-refractivity contribution is 5.63. The average Bonchev–Trinajstić information content (AvgIpc) is 2.53. The van der Waals surface area contributed by atoms with Crippen LogP contribution in [0, 0.1) is 0 Å². The van der Waals surface area contributed by atoms with Crippen LogP contribution in [0.2, 0.25) is 0 Å². The number of rotatable bonds is 7. The molecule has 1 unspecified atom stereocenters. The summed E-state index contributed by atoms with van der Waals surface area (Å²) in [6, 6.07) is 19.0. The summed E-state index contributed by atoms with van der Waals surface area (Å²) in [6.45, 7) is 3.45. The van der Waals surface area contributed by atoms with E-state index < -0.39 is 0 Å². The third kappa shape index (κ3) is 3.90. The van der Waals surface area contributed by atoms with Crippen molar-refractivity contribution in [3.8, 4) is 11.1 Å². The van der Waals surface area contributed by atoms with E-state index in [9.17, 15) is 0 Å². The second-order valence-electron chi connectivity index (χ2n) is 4.69. The zero-order valence-corrected chi connectivity index (χ0v) is 11.9. The Labute approximate surface area is 120 Å². The monoisotopic (exact) mass is 270 g/mol. The third-order valence-electron chi connectivity index (χ3n) is 3.38. The predicted molar refractivity (Wildman–Crippen MR) is 83.1 cm³/mol. The van der Waals surface area contributed by atoms with E-state index in [1.165, 1.54) is 16.7 Å². The summed E-state index contributed by atoms with van der Waals surface area (Å²) in [6.07, 6.45) is 0.870. The lowest BCUT2D eigenvalue weighted by Gasteiger charge is -2.16. The van der Waals surface area contributed by atoms with Crippen LogP contribution < -0.4 is 11.3 Å². The zero-order chi connectivity index (χ0) is 14.2. The Kier molecular flexibility index (Phi) is 5.74. The number of ether oxygens (including phenoxy) is 1. The van der Waals surface area contributed by atoms with Gasteiger partial charge in [-0.1, -0.05) is 54.6 Å². The summed E-state index contributed by atoms with van der Waals surface area (Å²) < 4.78 is 5.38. The van der Waals surface area contributed by atoms with Crippen molar-refractivity contribution < 1.29 is 4.74 Å². The maximum absolute atomic E-state index is 5.63. The molecule has 3 heteroatoms. The van der Waals surface area contributed by atoms with Gasteiger partial charge in [0, 0.05) is 19.3 Å². The highest BCUT2D eigenvalue weighted by Gasteiger charge is 2.09. The van der Waals surface area contributed by atoms with E-state index in [-0.39, 0.29) is 6.04 Å². The van der Waals surface area contributed by atoms with Gasteiger partial charge in [0.25, 0.3) is 0 Å². The molecular weight excluding hydrogens is 248 g/mol. The maximum atomic E-state index is 5.63. The second-order valence-corrected chi connectivity index (χ2v) is 4.69.